The van der Waals surface area contributed by atoms with E-state index in [2.05, 4.69) is 26.2 Å². The summed E-state index contributed by atoms with van der Waals surface area (Å²) in [5, 5.41) is 5.83. The molecule has 80 valence electrons. The summed E-state index contributed by atoms with van der Waals surface area (Å²) in [6, 6.07) is 3.28. The number of hydrogen-bond donors (Lipinski definition) is 0. The zero-order valence-corrected chi connectivity index (χ0v) is 8.60. The topological polar surface area (TPSA) is 24.7 Å². The van der Waals surface area contributed by atoms with Crippen LogP contribution in [-0.2, 0) is 5.66 Å². The monoisotopic (exact) mass is 282 g/mol. The minimum Gasteiger partial charge on any atom is -0.207 e. The second-order valence-electron chi connectivity index (χ2n) is 2.99. The van der Waals surface area contributed by atoms with Gasteiger partial charge in [0.25, 0.3) is 0 Å². The lowest BCUT2D eigenvalue weighted by Crippen LogP contribution is -2.31. The second-order valence-corrected chi connectivity index (χ2v) is 3.91. The Balaban J connectivity index is 2.51. The van der Waals surface area contributed by atoms with Crippen LogP contribution >= 0.6 is 15.9 Å². The van der Waals surface area contributed by atoms with Crippen molar-refractivity contribution >= 4 is 15.9 Å². The van der Waals surface area contributed by atoms with Gasteiger partial charge < -0.3 is 0 Å². The second kappa shape index (κ2) is 3.01. The molecule has 0 saturated heterocycles. The summed E-state index contributed by atoms with van der Waals surface area (Å²) in [5.74, 6) is -0.972. The summed E-state index contributed by atoms with van der Waals surface area (Å²) in [7, 11) is 0. The van der Waals surface area contributed by atoms with E-state index >= 15 is 0 Å². The van der Waals surface area contributed by atoms with Crippen molar-refractivity contribution in [1.29, 1.82) is 0 Å². The maximum Gasteiger partial charge on any atom is 0.442 e. The van der Waals surface area contributed by atoms with Crippen LogP contribution in [0.4, 0.5) is 17.6 Å². The molecule has 0 aliphatic carbocycles. The Morgan fingerprint density at radius 2 is 1.80 bits per heavy atom. The molecule has 0 saturated carbocycles. The van der Waals surface area contributed by atoms with Gasteiger partial charge in [0, 0.05) is 4.47 Å². The van der Waals surface area contributed by atoms with E-state index in [9.17, 15) is 17.6 Å². The van der Waals surface area contributed by atoms with Crippen LogP contribution in [0.2, 0.25) is 0 Å². The van der Waals surface area contributed by atoms with Gasteiger partial charge in [0.15, 0.2) is 0 Å². The Bertz CT molecular complexity index is 435. The minimum absolute atomic E-state index is 0.347. The van der Waals surface area contributed by atoms with Gasteiger partial charge in [-0.05, 0) is 18.2 Å². The number of halogens is 5. The first-order valence-corrected chi connectivity index (χ1v) is 4.62. The largest absolute Gasteiger partial charge is 0.442 e. The molecule has 0 spiro atoms. The van der Waals surface area contributed by atoms with Gasteiger partial charge in [0.05, 0.1) is 5.56 Å². The average Bonchev–Trinajstić information content (AvgIpc) is 2.88. The summed E-state index contributed by atoms with van der Waals surface area (Å²) in [6.07, 6.45) is -4.70. The van der Waals surface area contributed by atoms with Crippen LogP contribution in [0, 0.1) is 5.82 Å². The van der Waals surface area contributed by atoms with Crippen molar-refractivity contribution in [1.82, 2.24) is 0 Å². The third kappa shape index (κ3) is 1.54. The smallest absolute Gasteiger partial charge is 0.207 e. The Labute approximate surface area is 90.1 Å². The summed E-state index contributed by atoms with van der Waals surface area (Å²) in [4.78, 5) is 0. The fraction of sp³-hybridized carbons (Fsp3) is 0.250. The predicted molar refractivity (Wildman–Crippen MR) is 46.7 cm³/mol. The van der Waals surface area contributed by atoms with Gasteiger partial charge in [-0.15, -0.1) is 10.2 Å². The Morgan fingerprint density at radius 3 is 2.27 bits per heavy atom. The van der Waals surface area contributed by atoms with E-state index in [0.29, 0.717) is 4.47 Å². The predicted octanol–water partition coefficient (Wildman–Crippen LogP) is 3.77. The van der Waals surface area contributed by atoms with Gasteiger partial charge in [-0.3, -0.25) is 0 Å². The number of nitrogens with zero attached hydrogens (tertiary/aromatic N) is 2. The zero-order chi connectivity index (χ0) is 11.3. The molecule has 0 unspecified atom stereocenters. The van der Waals surface area contributed by atoms with Crippen LogP contribution < -0.4 is 0 Å². The van der Waals surface area contributed by atoms with Gasteiger partial charge in [-0.25, -0.2) is 4.39 Å². The summed E-state index contributed by atoms with van der Waals surface area (Å²) in [5.41, 5.74) is -3.27. The van der Waals surface area contributed by atoms with E-state index in [1.54, 1.807) is 0 Å². The molecule has 1 heterocycles. The molecule has 7 heteroatoms. The molecule has 1 aliphatic rings. The average molecular weight is 283 g/mol. The zero-order valence-electron chi connectivity index (χ0n) is 7.02. The molecule has 0 amide bonds. The maximum atomic E-state index is 13.2. The van der Waals surface area contributed by atoms with E-state index in [1.807, 2.05) is 0 Å². The van der Waals surface area contributed by atoms with E-state index < -0.39 is 23.2 Å². The molecule has 0 N–H and O–H groups in total. The third-order valence-corrected chi connectivity index (χ3v) is 2.49. The van der Waals surface area contributed by atoms with E-state index in [-0.39, 0.29) is 0 Å². The van der Waals surface area contributed by atoms with Gasteiger partial charge in [-0.1, -0.05) is 15.9 Å². The molecule has 0 bridgehead atoms. The molecule has 1 aromatic rings. The Morgan fingerprint density at radius 1 is 1.20 bits per heavy atom. The molecule has 0 atom stereocenters. The quantitative estimate of drug-likeness (QED) is 0.701. The maximum absolute atomic E-state index is 13.2. The van der Waals surface area contributed by atoms with Crippen LogP contribution in [0.15, 0.2) is 32.9 Å². The molecule has 0 fully saturated rings. The Kier molecular flexibility index (Phi) is 2.11. The van der Waals surface area contributed by atoms with Crippen molar-refractivity contribution in [2.75, 3.05) is 0 Å². The van der Waals surface area contributed by atoms with Gasteiger partial charge in [0.1, 0.15) is 5.82 Å². The number of rotatable bonds is 1. The van der Waals surface area contributed by atoms with Crippen molar-refractivity contribution in [2.24, 2.45) is 10.2 Å². The first kappa shape index (κ1) is 10.5. The highest BCUT2D eigenvalue weighted by molar-refractivity contribution is 9.10. The number of hydrogen-bond acceptors (Lipinski definition) is 2. The summed E-state index contributed by atoms with van der Waals surface area (Å²) >= 11 is 2.97. The van der Waals surface area contributed by atoms with Crippen molar-refractivity contribution in [3.8, 4) is 0 Å². The highest BCUT2D eigenvalue weighted by atomic mass is 79.9. The first-order chi connectivity index (χ1) is 6.87. The molecule has 0 radical (unpaired) electrons. The summed E-state index contributed by atoms with van der Waals surface area (Å²) < 4.78 is 51.1. The molecular formula is C8H3BrF4N2. The number of alkyl halides is 3. The van der Waals surface area contributed by atoms with E-state index in [4.69, 9.17) is 0 Å². The van der Waals surface area contributed by atoms with Crippen molar-refractivity contribution in [3.05, 3.63) is 34.1 Å². The highest BCUT2D eigenvalue weighted by Crippen LogP contribution is 2.53. The fourth-order valence-corrected chi connectivity index (χ4v) is 1.55. The lowest BCUT2D eigenvalue weighted by atomic mass is 10.0. The van der Waals surface area contributed by atoms with Crippen LogP contribution in [-0.4, -0.2) is 6.18 Å². The number of benzene rings is 1. The van der Waals surface area contributed by atoms with E-state index in [1.165, 1.54) is 6.07 Å². The first-order valence-electron chi connectivity index (χ1n) is 3.83. The van der Waals surface area contributed by atoms with Gasteiger partial charge >= 0.3 is 11.8 Å². The molecular weight excluding hydrogens is 280 g/mol. The van der Waals surface area contributed by atoms with Crippen LogP contribution in [0.25, 0.3) is 0 Å². The lowest BCUT2D eigenvalue weighted by Gasteiger charge is -2.15. The van der Waals surface area contributed by atoms with Crippen molar-refractivity contribution in [3.63, 3.8) is 0 Å². The van der Waals surface area contributed by atoms with Gasteiger partial charge in [0.2, 0.25) is 0 Å². The molecule has 15 heavy (non-hydrogen) atoms. The van der Waals surface area contributed by atoms with Crippen molar-refractivity contribution in [2.45, 2.75) is 11.8 Å². The molecule has 0 aromatic heterocycles. The normalized spacial score (nSPS) is 17.9. The van der Waals surface area contributed by atoms with E-state index in [0.717, 1.165) is 12.1 Å². The Hall–Kier alpha value is -0.980. The molecule has 1 aromatic carbocycles. The summed E-state index contributed by atoms with van der Waals surface area (Å²) in [6.45, 7) is 0. The fourth-order valence-electron chi connectivity index (χ4n) is 1.19. The highest BCUT2D eigenvalue weighted by Gasteiger charge is 2.66. The molecule has 2 nitrogen and oxygen atoms in total. The molecule has 1 aliphatic heterocycles. The van der Waals surface area contributed by atoms with Gasteiger partial charge in [-0.2, -0.15) is 13.2 Å². The minimum atomic E-state index is -4.70. The van der Waals surface area contributed by atoms with Crippen LogP contribution in [0.1, 0.15) is 5.56 Å². The lowest BCUT2D eigenvalue weighted by molar-refractivity contribution is -0.166. The van der Waals surface area contributed by atoms with Crippen molar-refractivity contribution < 1.29 is 17.6 Å². The SMILES string of the molecule is Fc1ccc(Br)cc1C1(C(F)(F)F)N=N1. The standard InChI is InChI=1S/C8H3BrF4N2/c9-4-1-2-6(10)5(3-4)7(14-15-7)8(11,12)13/h1-3H. The molecule has 2 rings (SSSR count). The van der Waals surface area contributed by atoms with Crippen LogP contribution in [0.3, 0.4) is 0 Å². The third-order valence-electron chi connectivity index (χ3n) is 2.00. The van der Waals surface area contributed by atoms with Crippen LogP contribution in [0.5, 0.6) is 0 Å².